The average molecular weight is 334 g/mol. The van der Waals surface area contributed by atoms with E-state index in [4.69, 9.17) is 15.8 Å². The van der Waals surface area contributed by atoms with Gasteiger partial charge in [0.2, 0.25) is 5.91 Å². The molecule has 1 aromatic rings. The molecule has 1 rings (SSSR count). The zero-order valence-electron chi connectivity index (χ0n) is 12.6. The molecule has 1 amide bonds. The van der Waals surface area contributed by atoms with Crippen LogP contribution in [0.5, 0.6) is 5.75 Å². The third-order valence-electron chi connectivity index (χ3n) is 3.13. The molecule has 0 aliphatic carbocycles. The zero-order valence-corrected chi connectivity index (χ0v) is 14.2. The molecular weight excluding hydrogens is 314 g/mol. The van der Waals surface area contributed by atoms with E-state index >= 15 is 0 Å². The van der Waals surface area contributed by atoms with Crippen LogP contribution in [0.2, 0.25) is 5.02 Å². The van der Waals surface area contributed by atoms with Crippen molar-refractivity contribution in [3.8, 4) is 5.75 Å². The van der Waals surface area contributed by atoms with Crippen molar-refractivity contribution in [2.24, 2.45) is 0 Å². The van der Waals surface area contributed by atoms with E-state index < -0.39 is 10.1 Å². The molecule has 0 radical (unpaired) electrons. The van der Waals surface area contributed by atoms with E-state index in [0.29, 0.717) is 10.6 Å². The van der Waals surface area contributed by atoms with E-state index in [9.17, 15) is 13.2 Å². The normalized spacial score (nSPS) is 12.8. The second-order valence-corrected chi connectivity index (χ2v) is 6.96. The number of nitrogens with zero attached hydrogens (tertiary/aromatic N) is 1. The van der Waals surface area contributed by atoms with Gasteiger partial charge in [-0.15, -0.1) is 0 Å². The van der Waals surface area contributed by atoms with Crippen molar-refractivity contribution in [1.82, 2.24) is 4.90 Å². The quantitative estimate of drug-likeness (QED) is 0.751. The van der Waals surface area contributed by atoms with Crippen molar-refractivity contribution in [2.45, 2.75) is 39.8 Å². The SMILES string of the molecule is CC[C@@H](C)N(Cc1cc(Cl)ccc1OS(C)(=O)=O)C(C)=O. The van der Waals surface area contributed by atoms with Gasteiger partial charge in [0.05, 0.1) is 6.26 Å². The van der Waals surface area contributed by atoms with Crippen LogP contribution in [0.3, 0.4) is 0 Å². The molecule has 0 aliphatic heterocycles. The van der Waals surface area contributed by atoms with Gasteiger partial charge >= 0.3 is 10.1 Å². The van der Waals surface area contributed by atoms with Gasteiger partial charge in [0.1, 0.15) is 5.75 Å². The van der Waals surface area contributed by atoms with Gasteiger partial charge in [-0.2, -0.15) is 8.42 Å². The lowest BCUT2D eigenvalue weighted by atomic mass is 10.1. The number of hydrogen-bond acceptors (Lipinski definition) is 4. The highest BCUT2D eigenvalue weighted by molar-refractivity contribution is 7.86. The van der Waals surface area contributed by atoms with Crippen LogP contribution in [0, 0.1) is 0 Å². The molecule has 0 spiro atoms. The summed E-state index contributed by atoms with van der Waals surface area (Å²) < 4.78 is 27.6. The van der Waals surface area contributed by atoms with Crippen molar-refractivity contribution in [1.29, 1.82) is 0 Å². The number of carbonyl (C=O) groups excluding carboxylic acids is 1. The highest BCUT2D eigenvalue weighted by Gasteiger charge is 2.19. The Morgan fingerprint density at radius 3 is 2.52 bits per heavy atom. The van der Waals surface area contributed by atoms with Crippen LogP contribution in [0.1, 0.15) is 32.8 Å². The molecule has 0 aliphatic rings. The third-order valence-corrected chi connectivity index (χ3v) is 3.85. The third kappa shape index (κ3) is 5.55. The summed E-state index contributed by atoms with van der Waals surface area (Å²) in [5, 5.41) is 0.457. The number of carbonyl (C=O) groups is 1. The van der Waals surface area contributed by atoms with Crippen molar-refractivity contribution in [3.63, 3.8) is 0 Å². The maximum Gasteiger partial charge on any atom is 0.306 e. The zero-order chi connectivity index (χ0) is 16.2. The first-order chi connectivity index (χ1) is 9.64. The van der Waals surface area contributed by atoms with E-state index in [1.54, 1.807) is 17.0 Å². The van der Waals surface area contributed by atoms with E-state index in [1.165, 1.54) is 13.0 Å². The van der Waals surface area contributed by atoms with E-state index in [1.807, 2.05) is 13.8 Å². The maximum atomic E-state index is 11.8. The standard InChI is InChI=1S/C14H20ClNO4S/c1-5-10(2)16(11(3)17)9-12-8-13(15)6-7-14(12)20-21(4,18)19/h6-8,10H,5,9H2,1-4H3/t10-/m1/s1. The second kappa shape index (κ2) is 7.13. The monoisotopic (exact) mass is 333 g/mol. The molecule has 0 fully saturated rings. The Morgan fingerprint density at radius 1 is 1.43 bits per heavy atom. The molecule has 0 aromatic heterocycles. The minimum Gasteiger partial charge on any atom is -0.382 e. The fourth-order valence-corrected chi connectivity index (χ4v) is 2.58. The summed E-state index contributed by atoms with van der Waals surface area (Å²) in [6, 6.07) is 4.69. The fraction of sp³-hybridized carbons (Fsp3) is 0.500. The lowest BCUT2D eigenvalue weighted by Gasteiger charge is -2.28. The van der Waals surface area contributed by atoms with Crippen molar-refractivity contribution in [2.75, 3.05) is 6.26 Å². The molecule has 0 saturated heterocycles. The summed E-state index contributed by atoms with van der Waals surface area (Å²) in [6.45, 7) is 5.64. The van der Waals surface area contributed by atoms with E-state index in [-0.39, 0.29) is 24.2 Å². The molecule has 7 heteroatoms. The lowest BCUT2D eigenvalue weighted by molar-refractivity contribution is -0.131. The Kier molecular flexibility index (Phi) is 6.04. The second-order valence-electron chi connectivity index (χ2n) is 4.94. The van der Waals surface area contributed by atoms with Gasteiger partial charge in [0.25, 0.3) is 0 Å². The molecule has 118 valence electrons. The van der Waals surface area contributed by atoms with Gasteiger partial charge < -0.3 is 9.08 Å². The van der Waals surface area contributed by atoms with Crippen LogP contribution in [0.15, 0.2) is 18.2 Å². The average Bonchev–Trinajstić information content (AvgIpc) is 2.36. The van der Waals surface area contributed by atoms with Crippen LogP contribution >= 0.6 is 11.6 Å². The largest absolute Gasteiger partial charge is 0.382 e. The van der Waals surface area contributed by atoms with Crippen LogP contribution in [-0.4, -0.2) is 31.5 Å². The van der Waals surface area contributed by atoms with Gasteiger partial charge in [-0.3, -0.25) is 4.79 Å². The number of benzene rings is 1. The predicted molar refractivity (Wildman–Crippen MR) is 82.9 cm³/mol. The van der Waals surface area contributed by atoms with Gasteiger partial charge in [-0.1, -0.05) is 18.5 Å². The number of amides is 1. The minimum absolute atomic E-state index is 0.0348. The minimum atomic E-state index is -3.64. The molecule has 0 unspecified atom stereocenters. The summed E-state index contributed by atoms with van der Waals surface area (Å²) in [7, 11) is -3.64. The first-order valence-electron chi connectivity index (χ1n) is 6.59. The van der Waals surface area contributed by atoms with Crippen molar-refractivity contribution in [3.05, 3.63) is 28.8 Å². The summed E-state index contributed by atoms with van der Waals surface area (Å²) in [6.07, 6.45) is 1.77. The summed E-state index contributed by atoms with van der Waals surface area (Å²) >= 11 is 5.96. The summed E-state index contributed by atoms with van der Waals surface area (Å²) in [5.41, 5.74) is 0.559. The Bertz CT molecular complexity index is 615. The molecule has 0 bridgehead atoms. The predicted octanol–water partition coefficient (Wildman–Crippen LogP) is 2.83. The fourth-order valence-electron chi connectivity index (χ4n) is 1.90. The van der Waals surface area contributed by atoms with E-state index in [2.05, 4.69) is 0 Å². The molecule has 0 N–H and O–H groups in total. The molecular formula is C14H20ClNO4S. The number of hydrogen-bond donors (Lipinski definition) is 0. The topological polar surface area (TPSA) is 63.7 Å². The number of rotatable bonds is 6. The Hall–Kier alpha value is -1.27. The van der Waals surface area contributed by atoms with E-state index in [0.717, 1.165) is 12.7 Å². The summed E-state index contributed by atoms with van der Waals surface area (Å²) in [4.78, 5) is 13.4. The highest BCUT2D eigenvalue weighted by Crippen LogP contribution is 2.26. The molecule has 5 nitrogen and oxygen atoms in total. The highest BCUT2D eigenvalue weighted by atomic mass is 35.5. The van der Waals surface area contributed by atoms with Gasteiger partial charge in [0, 0.05) is 30.1 Å². The Labute approximate surface area is 131 Å². The molecule has 1 atom stereocenters. The molecule has 21 heavy (non-hydrogen) atoms. The van der Waals surface area contributed by atoms with Crippen LogP contribution in [0.4, 0.5) is 0 Å². The smallest absolute Gasteiger partial charge is 0.306 e. The van der Waals surface area contributed by atoms with Crippen molar-refractivity contribution < 1.29 is 17.4 Å². The van der Waals surface area contributed by atoms with Crippen molar-refractivity contribution >= 4 is 27.6 Å². The Balaban J connectivity index is 3.15. The Morgan fingerprint density at radius 2 is 2.05 bits per heavy atom. The molecule has 1 aromatic carbocycles. The maximum absolute atomic E-state index is 11.8. The molecule has 0 heterocycles. The van der Waals surface area contributed by atoms with Crippen LogP contribution < -0.4 is 4.18 Å². The first kappa shape index (κ1) is 17.8. The van der Waals surface area contributed by atoms with Crippen LogP contribution in [0.25, 0.3) is 0 Å². The van der Waals surface area contributed by atoms with Gasteiger partial charge in [0.15, 0.2) is 0 Å². The van der Waals surface area contributed by atoms with Gasteiger partial charge in [-0.25, -0.2) is 0 Å². The van der Waals surface area contributed by atoms with Crippen LogP contribution in [-0.2, 0) is 21.5 Å². The van der Waals surface area contributed by atoms with Gasteiger partial charge in [-0.05, 0) is 31.5 Å². The molecule has 0 saturated carbocycles. The number of halogens is 1. The first-order valence-corrected chi connectivity index (χ1v) is 8.78. The summed E-state index contributed by atoms with van der Waals surface area (Å²) in [5.74, 6) is 0.103. The lowest BCUT2D eigenvalue weighted by Crippen LogP contribution is -2.36.